The van der Waals surface area contributed by atoms with Crippen molar-refractivity contribution in [3.63, 3.8) is 0 Å². The number of Topliss-reactive ketones (excluding diaryl/α,β-unsaturated/α-hetero) is 1. The van der Waals surface area contributed by atoms with E-state index in [1.165, 1.54) is 0 Å². The number of rotatable bonds is 4. The quantitative estimate of drug-likeness (QED) is 0.872. The van der Waals surface area contributed by atoms with Gasteiger partial charge in [-0.3, -0.25) is 9.48 Å². The largest absolute Gasteiger partial charge is 0.482 e. The number of hydrogen-bond donors (Lipinski definition) is 0. The van der Waals surface area contributed by atoms with E-state index in [0.29, 0.717) is 11.4 Å². The fourth-order valence-corrected chi connectivity index (χ4v) is 3.01. The molecular formula is C16H17ClN2O2. The first-order valence-corrected chi connectivity index (χ1v) is 7.45. The lowest BCUT2D eigenvalue weighted by Gasteiger charge is -2.10. The number of carbonyl (C=O) groups excluding carboxylic acids is 1. The van der Waals surface area contributed by atoms with Crippen LogP contribution in [-0.4, -0.2) is 21.7 Å². The number of ether oxygens (including phenoxy) is 1. The molecule has 0 saturated heterocycles. The highest BCUT2D eigenvalue weighted by molar-refractivity contribution is 6.32. The molecule has 0 fully saturated rings. The third-order valence-electron chi connectivity index (χ3n) is 3.85. The summed E-state index contributed by atoms with van der Waals surface area (Å²) in [7, 11) is 1.82. The Morgan fingerprint density at radius 3 is 2.90 bits per heavy atom. The van der Waals surface area contributed by atoms with Crippen LogP contribution in [0.2, 0.25) is 5.02 Å². The van der Waals surface area contributed by atoms with Crippen LogP contribution in [0.5, 0.6) is 5.75 Å². The molecule has 1 atom stereocenters. The van der Waals surface area contributed by atoms with Gasteiger partial charge in [0.2, 0.25) is 0 Å². The molecule has 1 aliphatic heterocycles. The number of para-hydroxylation sites is 1. The zero-order valence-corrected chi connectivity index (χ0v) is 12.9. The van der Waals surface area contributed by atoms with Gasteiger partial charge in [0.15, 0.2) is 11.9 Å². The zero-order valence-electron chi connectivity index (χ0n) is 12.1. The maximum Gasteiger partial charge on any atom is 0.179 e. The summed E-state index contributed by atoms with van der Waals surface area (Å²) in [5.41, 5.74) is 2.68. The summed E-state index contributed by atoms with van der Waals surface area (Å²) >= 11 is 6.29. The van der Waals surface area contributed by atoms with Gasteiger partial charge < -0.3 is 4.74 Å². The molecule has 2 heterocycles. The summed E-state index contributed by atoms with van der Waals surface area (Å²) in [4.78, 5) is 12.5. The third-order valence-corrected chi connectivity index (χ3v) is 4.29. The molecule has 0 radical (unpaired) electrons. The van der Waals surface area contributed by atoms with E-state index < -0.39 is 6.10 Å². The molecule has 4 nitrogen and oxygen atoms in total. The predicted molar refractivity (Wildman–Crippen MR) is 80.9 cm³/mol. The van der Waals surface area contributed by atoms with Crippen LogP contribution in [0.25, 0.3) is 0 Å². The minimum absolute atomic E-state index is 0.0405. The molecule has 1 aliphatic rings. The standard InChI is InChI=1S/C16H17ClN2O2/c1-3-11-16(17)12(19(2)18-11)9-13(20)15-8-10-6-4-5-7-14(10)21-15/h4-7,15H,3,8-9H2,1-2H3. The Morgan fingerprint density at radius 2 is 2.24 bits per heavy atom. The molecule has 1 unspecified atom stereocenters. The van der Waals surface area contributed by atoms with Crippen LogP contribution in [0.4, 0.5) is 0 Å². The molecule has 0 amide bonds. The number of benzene rings is 1. The highest BCUT2D eigenvalue weighted by atomic mass is 35.5. The number of ketones is 1. The van der Waals surface area contributed by atoms with Gasteiger partial charge in [0.25, 0.3) is 0 Å². The van der Waals surface area contributed by atoms with Gasteiger partial charge in [-0.1, -0.05) is 36.7 Å². The fraction of sp³-hybridized carbons (Fsp3) is 0.375. The van der Waals surface area contributed by atoms with Gasteiger partial charge in [-0.05, 0) is 18.1 Å². The van der Waals surface area contributed by atoms with E-state index in [2.05, 4.69) is 5.10 Å². The molecule has 0 saturated carbocycles. The average molecular weight is 305 g/mol. The number of hydrogen-bond acceptors (Lipinski definition) is 3. The van der Waals surface area contributed by atoms with Crippen LogP contribution in [-0.2, 0) is 31.1 Å². The molecule has 1 aromatic carbocycles. The maximum atomic E-state index is 12.5. The van der Waals surface area contributed by atoms with E-state index in [0.717, 1.165) is 29.1 Å². The molecule has 5 heteroatoms. The number of aryl methyl sites for hydroxylation is 2. The van der Waals surface area contributed by atoms with Gasteiger partial charge in [0.1, 0.15) is 5.75 Å². The van der Waals surface area contributed by atoms with E-state index >= 15 is 0 Å². The zero-order chi connectivity index (χ0) is 15.0. The van der Waals surface area contributed by atoms with Crippen molar-refractivity contribution in [1.29, 1.82) is 0 Å². The van der Waals surface area contributed by atoms with Gasteiger partial charge >= 0.3 is 0 Å². The van der Waals surface area contributed by atoms with Crippen LogP contribution in [0, 0.1) is 0 Å². The van der Waals surface area contributed by atoms with Crippen LogP contribution >= 0.6 is 11.6 Å². The highest BCUT2D eigenvalue weighted by Gasteiger charge is 2.30. The Bertz CT molecular complexity index is 669. The van der Waals surface area contributed by atoms with Crippen molar-refractivity contribution in [2.45, 2.75) is 32.3 Å². The summed E-state index contributed by atoms with van der Waals surface area (Å²) in [6.07, 6.45) is 1.22. The first kappa shape index (κ1) is 14.1. The van der Waals surface area contributed by atoms with Gasteiger partial charge in [0, 0.05) is 13.5 Å². The van der Waals surface area contributed by atoms with Crippen molar-refractivity contribution in [2.75, 3.05) is 0 Å². The van der Waals surface area contributed by atoms with Gasteiger partial charge in [-0.2, -0.15) is 5.10 Å². The molecule has 0 spiro atoms. The van der Waals surface area contributed by atoms with Crippen molar-refractivity contribution in [1.82, 2.24) is 9.78 Å². The first-order chi connectivity index (χ1) is 10.1. The molecule has 110 valence electrons. The number of nitrogens with zero attached hydrogens (tertiary/aromatic N) is 2. The number of carbonyl (C=O) groups is 1. The normalized spacial score (nSPS) is 16.6. The fourth-order valence-electron chi connectivity index (χ4n) is 2.65. The summed E-state index contributed by atoms with van der Waals surface area (Å²) < 4.78 is 7.43. The Kier molecular flexibility index (Phi) is 3.72. The first-order valence-electron chi connectivity index (χ1n) is 7.07. The minimum Gasteiger partial charge on any atom is -0.482 e. The molecular weight excluding hydrogens is 288 g/mol. The molecule has 3 rings (SSSR count). The van der Waals surface area contributed by atoms with Gasteiger partial charge in [-0.15, -0.1) is 0 Å². The van der Waals surface area contributed by atoms with Gasteiger partial charge in [0.05, 0.1) is 22.8 Å². The smallest absolute Gasteiger partial charge is 0.179 e. The van der Waals surface area contributed by atoms with E-state index in [9.17, 15) is 4.79 Å². The second-order valence-corrected chi connectivity index (χ2v) is 5.62. The maximum absolute atomic E-state index is 12.5. The number of halogens is 1. The molecule has 0 aliphatic carbocycles. The molecule has 21 heavy (non-hydrogen) atoms. The summed E-state index contributed by atoms with van der Waals surface area (Å²) in [6.45, 7) is 2.00. The van der Waals surface area contributed by atoms with Crippen LogP contribution in [0.1, 0.15) is 23.9 Å². The van der Waals surface area contributed by atoms with E-state index in [1.807, 2.05) is 38.2 Å². The Hall–Kier alpha value is -1.81. The summed E-state index contributed by atoms with van der Waals surface area (Å²) in [5.74, 6) is 0.847. The Morgan fingerprint density at radius 1 is 1.48 bits per heavy atom. The lowest BCUT2D eigenvalue weighted by Crippen LogP contribution is -2.27. The summed E-state index contributed by atoms with van der Waals surface area (Å²) in [5, 5.41) is 4.94. The van der Waals surface area contributed by atoms with Gasteiger partial charge in [-0.25, -0.2) is 0 Å². The van der Waals surface area contributed by atoms with Crippen LogP contribution in [0.3, 0.4) is 0 Å². The van der Waals surface area contributed by atoms with Crippen molar-refractivity contribution in [2.24, 2.45) is 7.05 Å². The van der Waals surface area contributed by atoms with E-state index in [-0.39, 0.29) is 12.2 Å². The topological polar surface area (TPSA) is 44.1 Å². The van der Waals surface area contributed by atoms with Crippen molar-refractivity contribution >= 4 is 17.4 Å². The SMILES string of the molecule is CCc1nn(C)c(CC(=O)C2Cc3ccccc3O2)c1Cl. The highest BCUT2D eigenvalue weighted by Crippen LogP contribution is 2.29. The second kappa shape index (κ2) is 5.53. The van der Waals surface area contributed by atoms with Crippen molar-refractivity contribution in [3.8, 4) is 5.75 Å². The molecule has 0 bridgehead atoms. The van der Waals surface area contributed by atoms with E-state index in [4.69, 9.17) is 16.3 Å². The van der Waals surface area contributed by atoms with Crippen LogP contribution < -0.4 is 4.74 Å². The Balaban J connectivity index is 1.75. The number of aromatic nitrogens is 2. The van der Waals surface area contributed by atoms with E-state index in [1.54, 1.807) is 4.68 Å². The minimum atomic E-state index is -0.418. The molecule has 2 aromatic rings. The molecule has 1 aromatic heterocycles. The average Bonchev–Trinajstić information content (AvgIpc) is 3.03. The lowest BCUT2D eigenvalue weighted by atomic mass is 10.0. The lowest BCUT2D eigenvalue weighted by molar-refractivity contribution is -0.124. The van der Waals surface area contributed by atoms with Crippen molar-refractivity contribution < 1.29 is 9.53 Å². The molecule has 0 N–H and O–H groups in total. The third kappa shape index (κ3) is 2.56. The van der Waals surface area contributed by atoms with Crippen LogP contribution in [0.15, 0.2) is 24.3 Å². The monoisotopic (exact) mass is 304 g/mol. The number of fused-ring (bicyclic) bond motifs is 1. The second-order valence-electron chi connectivity index (χ2n) is 5.25. The summed E-state index contributed by atoms with van der Waals surface area (Å²) in [6, 6.07) is 7.77. The van der Waals surface area contributed by atoms with Crippen molar-refractivity contribution in [3.05, 3.63) is 46.2 Å². The Labute approximate surface area is 128 Å². The predicted octanol–water partition coefficient (Wildman–Crippen LogP) is 2.75.